The largest absolute Gasteiger partial charge is 0.340 e. The van der Waals surface area contributed by atoms with Crippen molar-refractivity contribution in [3.05, 3.63) is 72.6 Å². The van der Waals surface area contributed by atoms with Crippen LogP contribution in [0.25, 0.3) is 33.0 Å². The van der Waals surface area contributed by atoms with Gasteiger partial charge in [0, 0.05) is 22.2 Å². The Morgan fingerprint density at radius 3 is 2.56 bits per heavy atom. The van der Waals surface area contributed by atoms with Gasteiger partial charge in [-0.2, -0.15) is 0 Å². The van der Waals surface area contributed by atoms with Crippen molar-refractivity contribution in [3.63, 3.8) is 0 Å². The summed E-state index contributed by atoms with van der Waals surface area (Å²) in [6.07, 6.45) is 3.11. The third-order valence-electron chi connectivity index (χ3n) is 4.19. The maximum absolute atomic E-state index is 4.76. The number of anilines is 2. The van der Waals surface area contributed by atoms with Crippen LogP contribution in [0, 0.1) is 0 Å². The molecule has 7 heteroatoms. The van der Waals surface area contributed by atoms with E-state index in [2.05, 4.69) is 54.9 Å². The van der Waals surface area contributed by atoms with Gasteiger partial charge in [0.05, 0.1) is 12.0 Å². The lowest BCUT2D eigenvalue weighted by Crippen LogP contribution is -1.95. The molecule has 0 unspecified atom stereocenters. The van der Waals surface area contributed by atoms with Crippen LogP contribution in [-0.4, -0.2) is 24.9 Å². The normalized spacial score (nSPS) is 11.0. The van der Waals surface area contributed by atoms with Gasteiger partial charge < -0.3 is 10.3 Å². The molecule has 5 rings (SSSR count). The Kier molecular flexibility index (Phi) is 3.84. The number of fused-ring (bicyclic) bond motifs is 1. The molecule has 27 heavy (non-hydrogen) atoms. The molecule has 0 bridgehead atoms. The highest BCUT2D eigenvalue weighted by Gasteiger charge is 2.08. The van der Waals surface area contributed by atoms with Gasteiger partial charge in [-0.3, -0.25) is 0 Å². The molecule has 0 saturated heterocycles. The second kappa shape index (κ2) is 6.62. The van der Waals surface area contributed by atoms with Gasteiger partial charge in [0.1, 0.15) is 16.9 Å². The highest BCUT2D eigenvalue weighted by atomic mass is 32.1. The van der Waals surface area contributed by atoms with Crippen molar-refractivity contribution < 1.29 is 0 Å². The Hall–Kier alpha value is -3.58. The first kappa shape index (κ1) is 15.7. The first-order chi connectivity index (χ1) is 13.4. The first-order valence-corrected chi connectivity index (χ1v) is 9.27. The summed E-state index contributed by atoms with van der Waals surface area (Å²) in [5.74, 6) is 0.699. The van der Waals surface area contributed by atoms with Crippen molar-refractivity contribution in [2.75, 3.05) is 5.32 Å². The van der Waals surface area contributed by atoms with E-state index in [1.807, 2.05) is 30.3 Å². The summed E-state index contributed by atoms with van der Waals surface area (Å²) in [6.45, 7) is 0. The number of aromatic amines is 1. The summed E-state index contributed by atoms with van der Waals surface area (Å²) in [4.78, 5) is 20.4. The van der Waals surface area contributed by atoms with E-state index in [0.29, 0.717) is 11.5 Å². The second-order valence-electron chi connectivity index (χ2n) is 5.93. The van der Waals surface area contributed by atoms with Crippen LogP contribution < -0.4 is 5.32 Å². The van der Waals surface area contributed by atoms with Crippen molar-refractivity contribution in [3.8, 4) is 21.8 Å². The molecule has 0 saturated carbocycles. The molecule has 0 amide bonds. The lowest BCUT2D eigenvalue weighted by molar-refractivity contribution is 1.20. The van der Waals surface area contributed by atoms with Crippen LogP contribution in [0.1, 0.15) is 0 Å². The number of thiazole rings is 1. The smallest absolute Gasteiger partial charge is 0.182 e. The second-order valence-corrected chi connectivity index (χ2v) is 6.79. The fraction of sp³-hybridized carbons (Fsp3) is 0. The van der Waals surface area contributed by atoms with Crippen LogP contribution in [0.15, 0.2) is 72.6 Å². The average Bonchev–Trinajstić information content (AvgIpc) is 3.40. The minimum Gasteiger partial charge on any atom is -0.340 e. The number of aromatic nitrogens is 5. The third kappa shape index (κ3) is 3.04. The predicted molar refractivity (Wildman–Crippen MR) is 108 cm³/mol. The van der Waals surface area contributed by atoms with Gasteiger partial charge in [-0.05, 0) is 12.1 Å². The summed E-state index contributed by atoms with van der Waals surface area (Å²) in [7, 11) is 0. The Balaban J connectivity index is 1.39. The maximum Gasteiger partial charge on any atom is 0.182 e. The van der Waals surface area contributed by atoms with Crippen molar-refractivity contribution in [1.29, 1.82) is 0 Å². The van der Waals surface area contributed by atoms with Crippen molar-refractivity contribution >= 4 is 34.0 Å². The van der Waals surface area contributed by atoms with Crippen molar-refractivity contribution in [2.24, 2.45) is 0 Å². The number of imidazole rings is 1. The quantitative estimate of drug-likeness (QED) is 0.471. The molecule has 130 valence electrons. The zero-order valence-corrected chi connectivity index (χ0v) is 14.9. The molecular weight excluding hydrogens is 356 g/mol. The van der Waals surface area contributed by atoms with Crippen LogP contribution in [0.3, 0.4) is 0 Å². The molecule has 0 spiro atoms. The van der Waals surface area contributed by atoms with Crippen LogP contribution in [0.2, 0.25) is 0 Å². The number of nitrogens with zero attached hydrogens (tertiary/aromatic N) is 4. The Bertz CT molecular complexity index is 1190. The molecule has 2 N–H and O–H groups in total. The standard InChI is InChI=1S/C20H14N6S/c1-2-4-14(5-3-1)20-26-16(10-27-20)13-6-8-15(9-7-13)25-19-17-18(22-11-21-17)23-12-24-19/h1-12H,(H2,21,22,23,24,25). The summed E-state index contributed by atoms with van der Waals surface area (Å²) in [5, 5.41) is 6.41. The summed E-state index contributed by atoms with van der Waals surface area (Å²) < 4.78 is 0. The molecule has 0 fully saturated rings. The molecular formula is C20H14N6S. The third-order valence-corrected chi connectivity index (χ3v) is 5.08. The summed E-state index contributed by atoms with van der Waals surface area (Å²) in [5.41, 5.74) is 5.55. The molecule has 5 aromatic rings. The fourth-order valence-corrected chi connectivity index (χ4v) is 3.68. The number of rotatable bonds is 4. The van der Waals surface area contributed by atoms with Crippen LogP contribution in [0.4, 0.5) is 11.5 Å². The van der Waals surface area contributed by atoms with Crippen LogP contribution in [0.5, 0.6) is 0 Å². The molecule has 0 aliphatic rings. The first-order valence-electron chi connectivity index (χ1n) is 8.39. The number of nitrogens with one attached hydrogen (secondary N) is 2. The Morgan fingerprint density at radius 1 is 0.852 bits per heavy atom. The van der Waals surface area contributed by atoms with E-state index in [0.717, 1.165) is 33.0 Å². The molecule has 2 aromatic carbocycles. The van der Waals surface area contributed by atoms with Crippen molar-refractivity contribution in [1.82, 2.24) is 24.9 Å². The highest BCUT2D eigenvalue weighted by molar-refractivity contribution is 7.13. The van der Waals surface area contributed by atoms with Gasteiger partial charge in [0.2, 0.25) is 0 Å². The van der Waals surface area contributed by atoms with Gasteiger partial charge in [-0.1, -0.05) is 42.5 Å². The van der Waals surface area contributed by atoms with Gasteiger partial charge in [-0.25, -0.2) is 19.9 Å². The molecule has 0 atom stereocenters. The highest BCUT2D eigenvalue weighted by Crippen LogP contribution is 2.30. The zero-order valence-electron chi connectivity index (χ0n) is 14.1. The maximum atomic E-state index is 4.76. The molecule has 0 aliphatic carbocycles. The van der Waals surface area contributed by atoms with Gasteiger partial charge in [0.25, 0.3) is 0 Å². The van der Waals surface area contributed by atoms with Gasteiger partial charge in [-0.15, -0.1) is 11.3 Å². The molecule has 6 nitrogen and oxygen atoms in total. The minimum absolute atomic E-state index is 0.639. The molecule has 0 radical (unpaired) electrons. The number of benzene rings is 2. The van der Waals surface area contributed by atoms with Gasteiger partial charge >= 0.3 is 0 Å². The predicted octanol–water partition coefficient (Wildman–Crippen LogP) is 4.89. The Morgan fingerprint density at radius 2 is 1.70 bits per heavy atom. The van der Waals surface area contributed by atoms with Crippen LogP contribution >= 0.6 is 11.3 Å². The number of H-pyrrole nitrogens is 1. The fourth-order valence-electron chi connectivity index (χ4n) is 2.84. The van der Waals surface area contributed by atoms with E-state index in [9.17, 15) is 0 Å². The molecule has 3 heterocycles. The number of hydrogen-bond donors (Lipinski definition) is 2. The topological polar surface area (TPSA) is 79.4 Å². The lowest BCUT2D eigenvalue weighted by Gasteiger charge is -2.06. The minimum atomic E-state index is 0.639. The van der Waals surface area contributed by atoms with E-state index in [-0.39, 0.29) is 0 Å². The average molecular weight is 370 g/mol. The molecule has 0 aliphatic heterocycles. The zero-order chi connectivity index (χ0) is 18.1. The Labute approximate surface area is 159 Å². The lowest BCUT2D eigenvalue weighted by atomic mass is 10.1. The van der Waals surface area contributed by atoms with E-state index < -0.39 is 0 Å². The van der Waals surface area contributed by atoms with E-state index >= 15 is 0 Å². The summed E-state index contributed by atoms with van der Waals surface area (Å²) >= 11 is 1.65. The molecule has 3 aromatic heterocycles. The summed E-state index contributed by atoms with van der Waals surface area (Å²) in [6, 6.07) is 18.4. The van der Waals surface area contributed by atoms with Gasteiger partial charge in [0.15, 0.2) is 11.5 Å². The van der Waals surface area contributed by atoms with Crippen molar-refractivity contribution in [2.45, 2.75) is 0 Å². The van der Waals surface area contributed by atoms with E-state index in [1.165, 1.54) is 6.33 Å². The monoisotopic (exact) mass is 370 g/mol. The van der Waals surface area contributed by atoms with E-state index in [1.54, 1.807) is 17.7 Å². The van der Waals surface area contributed by atoms with E-state index in [4.69, 9.17) is 4.98 Å². The number of hydrogen-bond acceptors (Lipinski definition) is 6. The SMILES string of the molecule is c1ccc(-c2nc(-c3ccc(Nc4ncnc5nc[nH]c45)cc3)cs2)cc1. The van der Waals surface area contributed by atoms with Crippen LogP contribution in [-0.2, 0) is 0 Å².